The molecule has 0 aliphatic rings. The maximum Gasteiger partial charge on any atom is 0.263 e. The van der Waals surface area contributed by atoms with Crippen LogP contribution in [0.3, 0.4) is 0 Å². The van der Waals surface area contributed by atoms with E-state index < -0.39 is 6.10 Å². The molecule has 0 bridgehead atoms. The molecule has 0 fully saturated rings. The molecule has 2 aromatic rings. The van der Waals surface area contributed by atoms with Crippen molar-refractivity contribution in [2.45, 2.75) is 39.8 Å². The summed E-state index contributed by atoms with van der Waals surface area (Å²) in [5.74, 6) is 0.760. The van der Waals surface area contributed by atoms with Crippen LogP contribution in [0, 0.1) is 13.8 Å². The zero-order valence-corrected chi connectivity index (χ0v) is 14.4. The Hall–Kier alpha value is -2.29. The first-order chi connectivity index (χ1) is 11.0. The third-order valence-corrected chi connectivity index (χ3v) is 4.04. The standard InChI is InChI=1S/C20H25NO2/c1-5-19(23-18-12-11-15(2)16(3)13-18)20(22)21(4)14-17-9-7-6-8-10-17/h6-13,19H,5,14H2,1-4H3. The lowest BCUT2D eigenvalue weighted by molar-refractivity contribution is -0.138. The van der Waals surface area contributed by atoms with Crippen LogP contribution >= 0.6 is 0 Å². The summed E-state index contributed by atoms with van der Waals surface area (Å²) in [5, 5.41) is 0. The molecule has 0 saturated carbocycles. The fraction of sp³-hybridized carbons (Fsp3) is 0.350. The average molecular weight is 311 g/mol. The molecule has 0 spiro atoms. The van der Waals surface area contributed by atoms with E-state index in [1.807, 2.05) is 69.4 Å². The number of amides is 1. The second-order valence-electron chi connectivity index (χ2n) is 5.94. The van der Waals surface area contributed by atoms with Gasteiger partial charge in [-0.1, -0.05) is 43.3 Å². The van der Waals surface area contributed by atoms with Crippen molar-refractivity contribution < 1.29 is 9.53 Å². The predicted molar refractivity (Wildman–Crippen MR) is 93.5 cm³/mol. The van der Waals surface area contributed by atoms with Gasteiger partial charge in [0.1, 0.15) is 5.75 Å². The second-order valence-corrected chi connectivity index (χ2v) is 5.94. The molecule has 122 valence electrons. The van der Waals surface area contributed by atoms with Crippen molar-refractivity contribution in [2.75, 3.05) is 7.05 Å². The number of aryl methyl sites for hydroxylation is 2. The van der Waals surface area contributed by atoms with E-state index in [4.69, 9.17) is 4.74 Å². The molecule has 3 heteroatoms. The van der Waals surface area contributed by atoms with Crippen LogP contribution in [-0.2, 0) is 11.3 Å². The smallest absolute Gasteiger partial charge is 0.263 e. The third kappa shape index (κ3) is 4.59. The molecular weight excluding hydrogens is 286 g/mol. The highest BCUT2D eigenvalue weighted by Crippen LogP contribution is 2.19. The zero-order chi connectivity index (χ0) is 16.8. The molecule has 3 nitrogen and oxygen atoms in total. The Kier molecular flexibility index (Phi) is 5.80. The summed E-state index contributed by atoms with van der Waals surface area (Å²) in [6.45, 7) is 6.67. The van der Waals surface area contributed by atoms with Crippen LogP contribution in [0.15, 0.2) is 48.5 Å². The van der Waals surface area contributed by atoms with E-state index in [9.17, 15) is 4.79 Å². The number of ether oxygens (including phenoxy) is 1. The first kappa shape index (κ1) is 17.1. The van der Waals surface area contributed by atoms with E-state index in [2.05, 4.69) is 6.92 Å². The van der Waals surface area contributed by atoms with Crippen LogP contribution < -0.4 is 4.74 Å². The van der Waals surface area contributed by atoms with Crippen LogP contribution in [0.5, 0.6) is 5.75 Å². The highest BCUT2D eigenvalue weighted by molar-refractivity contribution is 5.81. The summed E-state index contributed by atoms with van der Waals surface area (Å²) in [7, 11) is 1.82. The molecule has 1 atom stereocenters. The highest BCUT2D eigenvalue weighted by Gasteiger charge is 2.22. The lowest BCUT2D eigenvalue weighted by atomic mass is 10.1. The van der Waals surface area contributed by atoms with Crippen LogP contribution in [0.1, 0.15) is 30.0 Å². The third-order valence-electron chi connectivity index (χ3n) is 4.04. The molecular formula is C20H25NO2. The summed E-state index contributed by atoms with van der Waals surface area (Å²) in [4.78, 5) is 14.4. The minimum Gasteiger partial charge on any atom is -0.481 e. The molecule has 0 N–H and O–H groups in total. The topological polar surface area (TPSA) is 29.5 Å². The quantitative estimate of drug-likeness (QED) is 0.803. The lowest BCUT2D eigenvalue weighted by Gasteiger charge is -2.24. The van der Waals surface area contributed by atoms with E-state index in [-0.39, 0.29) is 5.91 Å². The number of hydrogen-bond donors (Lipinski definition) is 0. The Labute approximate surface area is 138 Å². The molecule has 0 radical (unpaired) electrons. The fourth-order valence-corrected chi connectivity index (χ4v) is 2.44. The number of carbonyl (C=O) groups is 1. The van der Waals surface area contributed by atoms with Crippen molar-refractivity contribution in [2.24, 2.45) is 0 Å². The summed E-state index contributed by atoms with van der Waals surface area (Å²) in [5.41, 5.74) is 3.50. The van der Waals surface area contributed by atoms with Gasteiger partial charge in [0.2, 0.25) is 0 Å². The van der Waals surface area contributed by atoms with E-state index in [1.54, 1.807) is 4.90 Å². The predicted octanol–water partition coefficient (Wildman–Crippen LogP) is 4.12. The molecule has 23 heavy (non-hydrogen) atoms. The van der Waals surface area contributed by atoms with Crippen molar-refractivity contribution in [3.63, 3.8) is 0 Å². The highest BCUT2D eigenvalue weighted by atomic mass is 16.5. The van der Waals surface area contributed by atoms with Crippen molar-refractivity contribution in [3.8, 4) is 5.75 Å². The maximum absolute atomic E-state index is 12.6. The van der Waals surface area contributed by atoms with Gasteiger partial charge in [-0.3, -0.25) is 4.79 Å². The second kappa shape index (κ2) is 7.82. The van der Waals surface area contributed by atoms with E-state index in [1.165, 1.54) is 11.1 Å². The Morgan fingerprint density at radius 2 is 1.78 bits per heavy atom. The van der Waals surface area contributed by atoms with Gasteiger partial charge < -0.3 is 9.64 Å². The normalized spacial score (nSPS) is 11.8. The van der Waals surface area contributed by atoms with Gasteiger partial charge in [-0.05, 0) is 49.1 Å². The van der Waals surface area contributed by atoms with Crippen LogP contribution in [0.2, 0.25) is 0 Å². The van der Waals surface area contributed by atoms with Gasteiger partial charge in [-0.15, -0.1) is 0 Å². The SMILES string of the molecule is CCC(Oc1ccc(C)c(C)c1)C(=O)N(C)Cc1ccccc1. The Bertz CT molecular complexity index is 652. The summed E-state index contributed by atoms with van der Waals surface area (Å²) in [6, 6.07) is 15.9. The molecule has 1 amide bonds. The maximum atomic E-state index is 12.6. The number of carbonyl (C=O) groups excluding carboxylic acids is 1. The van der Waals surface area contributed by atoms with Crippen LogP contribution in [0.25, 0.3) is 0 Å². The monoisotopic (exact) mass is 311 g/mol. The van der Waals surface area contributed by atoms with Crippen molar-refractivity contribution in [1.82, 2.24) is 4.90 Å². The first-order valence-electron chi connectivity index (χ1n) is 8.04. The van der Waals surface area contributed by atoms with Crippen molar-refractivity contribution in [3.05, 3.63) is 65.2 Å². The molecule has 2 rings (SSSR count). The molecule has 0 aliphatic carbocycles. The van der Waals surface area contributed by atoms with Gasteiger partial charge in [0, 0.05) is 13.6 Å². The first-order valence-corrected chi connectivity index (χ1v) is 8.04. The van der Waals surface area contributed by atoms with Crippen molar-refractivity contribution >= 4 is 5.91 Å². The number of rotatable bonds is 6. The average Bonchev–Trinajstić information content (AvgIpc) is 2.56. The number of benzene rings is 2. The molecule has 0 heterocycles. The Morgan fingerprint density at radius 3 is 2.39 bits per heavy atom. The molecule has 0 saturated heterocycles. The number of likely N-dealkylation sites (N-methyl/N-ethyl adjacent to an activating group) is 1. The van der Waals surface area contributed by atoms with Gasteiger partial charge in [-0.2, -0.15) is 0 Å². The lowest BCUT2D eigenvalue weighted by Crippen LogP contribution is -2.39. The van der Waals surface area contributed by atoms with Gasteiger partial charge in [0.15, 0.2) is 6.10 Å². The van der Waals surface area contributed by atoms with E-state index >= 15 is 0 Å². The molecule has 1 unspecified atom stereocenters. The van der Waals surface area contributed by atoms with Crippen LogP contribution in [-0.4, -0.2) is 24.0 Å². The largest absolute Gasteiger partial charge is 0.481 e. The fourth-order valence-electron chi connectivity index (χ4n) is 2.44. The minimum absolute atomic E-state index is 0.00887. The summed E-state index contributed by atoms with van der Waals surface area (Å²) in [6.07, 6.45) is 0.191. The Balaban J connectivity index is 2.04. The van der Waals surface area contributed by atoms with E-state index in [0.717, 1.165) is 11.3 Å². The van der Waals surface area contributed by atoms with Gasteiger partial charge in [-0.25, -0.2) is 0 Å². The van der Waals surface area contributed by atoms with Gasteiger partial charge in [0.25, 0.3) is 5.91 Å². The summed E-state index contributed by atoms with van der Waals surface area (Å²) < 4.78 is 5.93. The molecule has 0 aliphatic heterocycles. The zero-order valence-electron chi connectivity index (χ0n) is 14.4. The van der Waals surface area contributed by atoms with Gasteiger partial charge >= 0.3 is 0 Å². The van der Waals surface area contributed by atoms with Crippen LogP contribution in [0.4, 0.5) is 0 Å². The number of hydrogen-bond acceptors (Lipinski definition) is 2. The molecule has 2 aromatic carbocycles. The number of nitrogens with zero attached hydrogens (tertiary/aromatic N) is 1. The van der Waals surface area contributed by atoms with E-state index in [0.29, 0.717) is 13.0 Å². The van der Waals surface area contributed by atoms with Crippen molar-refractivity contribution in [1.29, 1.82) is 0 Å². The Morgan fingerprint density at radius 1 is 1.09 bits per heavy atom. The van der Waals surface area contributed by atoms with Gasteiger partial charge in [0.05, 0.1) is 0 Å². The summed E-state index contributed by atoms with van der Waals surface area (Å²) >= 11 is 0. The minimum atomic E-state index is -0.453. The molecule has 0 aromatic heterocycles.